The van der Waals surface area contributed by atoms with Gasteiger partial charge in [-0.3, -0.25) is 0 Å². The minimum Gasteiger partial charge on any atom is -0.393 e. The molecule has 0 aliphatic heterocycles. The summed E-state index contributed by atoms with van der Waals surface area (Å²) in [7, 11) is 0. The molecule has 1 aliphatic rings. The number of nitrogens with two attached hydrogens (primary N) is 1. The Balaban J connectivity index is 2.59. The molecule has 0 amide bonds. The number of aliphatic hydroxyl groups is 1. The summed E-state index contributed by atoms with van der Waals surface area (Å²) in [5.41, 5.74) is 5.21. The SMILES string of the molecule is NCCC(O)C1CCCC1C(F)(F)F. The fourth-order valence-electron chi connectivity index (χ4n) is 2.24. The molecule has 14 heavy (non-hydrogen) atoms. The quantitative estimate of drug-likeness (QED) is 0.746. The lowest BCUT2D eigenvalue weighted by Crippen LogP contribution is -2.34. The van der Waals surface area contributed by atoms with Crippen molar-refractivity contribution in [1.29, 1.82) is 0 Å². The molecule has 0 heterocycles. The van der Waals surface area contributed by atoms with Gasteiger partial charge in [0, 0.05) is 0 Å². The molecule has 1 rings (SSSR count). The van der Waals surface area contributed by atoms with Crippen LogP contribution in [0.4, 0.5) is 13.2 Å². The first-order chi connectivity index (χ1) is 6.46. The number of halogens is 3. The Labute approximate surface area is 81.3 Å². The molecule has 3 atom stereocenters. The highest BCUT2D eigenvalue weighted by atomic mass is 19.4. The summed E-state index contributed by atoms with van der Waals surface area (Å²) in [4.78, 5) is 0. The van der Waals surface area contributed by atoms with Crippen molar-refractivity contribution in [2.45, 2.75) is 38.0 Å². The van der Waals surface area contributed by atoms with Gasteiger partial charge < -0.3 is 10.8 Å². The van der Waals surface area contributed by atoms with E-state index in [2.05, 4.69) is 0 Å². The van der Waals surface area contributed by atoms with Crippen molar-refractivity contribution in [2.75, 3.05) is 6.54 Å². The first-order valence-electron chi connectivity index (χ1n) is 4.91. The average Bonchev–Trinajstić information content (AvgIpc) is 2.50. The Hall–Kier alpha value is -0.290. The monoisotopic (exact) mass is 211 g/mol. The van der Waals surface area contributed by atoms with Gasteiger partial charge in [0.15, 0.2) is 0 Å². The molecule has 0 aromatic rings. The predicted octanol–water partition coefficient (Wildman–Crippen LogP) is 1.67. The minimum atomic E-state index is -4.17. The first-order valence-corrected chi connectivity index (χ1v) is 4.91. The molecule has 2 nitrogen and oxygen atoms in total. The lowest BCUT2D eigenvalue weighted by Gasteiger charge is -2.26. The lowest BCUT2D eigenvalue weighted by molar-refractivity contribution is -0.192. The number of alkyl halides is 3. The van der Waals surface area contributed by atoms with Crippen LogP contribution in [0.15, 0.2) is 0 Å². The summed E-state index contributed by atoms with van der Waals surface area (Å²) in [6.45, 7) is 0.238. The molecule has 3 unspecified atom stereocenters. The zero-order valence-corrected chi connectivity index (χ0v) is 7.93. The topological polar surface area (TPSA) is 46.2 Å². The van der Waals surface area contributed by atoms with E-state index in [0.29, 0.717) is 12.8 Å². The Morgan fingerprint density at radius 2 is 2.00 bits per heavy atom. The van der Waals surface area contributed by atoms with Gasteiger partial charge in [-0.05, 0) is 31.7 Å². The predicted molar refractivity (Wildman–Crippen MR) is 46.6 cm³/mol. The summed E-state index contributed by atoms with van der Waals surface area (Å²) >= 11 is 0. The molecule has 0 aromatic carbocycles. The molecule has 0 spiro atoms. The number of rotatable bonds is 3. The maximum absolute atomic E-state index is 12.5. The van der Waals surface area contributed by atoms with Gasteiger partial charge in [0.1, 0.15) is 0 Å². The normalized spacial score (nSPS) is 30.6. The van der Waals surface area contributed by atoms with Gasteiger partial charge in [-0.2, -0.15) is 13.2 Å². The first kappa shape index (κ1) is 11.8. The molecule has 1 saturated carbocycles. The maximum Gasteiger partial charge on any atom is 0.392 e. The molecule has 1 fully saturated rings. The zero-order valence-electron chi connectivity index (χ0n) is 7.93. The van der Waals surface area contributed by atoms with Crippen LogP contribution in [0.5, 0.6) is 0 Å². The van der Waals surface area contributed by atoms with Gasteiger partial charge >= 0.3 is 6.18 Å². The molecule has 0 bridgehead atoms. The van der Waals surface area contributed by atoms with Gasteiger partial charge in [-0.1, -0.05) is 6.42 Å². The third kappa shape index (κ3) is 2.60. The number of aliphatic hydroxyl groups excluding tert-OH is 1. The van der Waals surface area contributed by atoms with Crippen LogP contribution in [0.2, 0.25) is 0 Å². The Bertz CT molecular complexity index is 183. The van der Waals surface area contributed by atoms with Crippen molar-refractivity contribution < 1.29 is 18.3 Å². The van der Waals surface area contributed by atoms with Gasteiger partial charge in [0.2, 0.25) is 0 Å². The molecule has 5 heteroatoms. The largest absolute Gasteiger partial charge is 0.393 e. The zero-order chi connectivity index (χ0) is 10.8. The fraction of sp³-hybridized carbons (Fsp3) is 1.00. The van der Waals surface area contributed by atoms with Crippen molar-refractivity contribution in [3.63, 3.8) is 0 Å². The summed E-state index contributed by atoms with van der Waals surface area (Å²) in [5.74, 6) is -1.97. The molecule has 0 radical (unpaired) electrons. The minimum absolute atomic E-state index is 0.149. The van der Waals surface area contributed by atoms with Crippen LogP contribution in [-0.4, -0.2) is 23.9 Å². The molecule has 0 saturated heterocycles. The van der Waals surface area contributed by atoms with Crippen molar-refractivity contribution in [3.05, 3.63) is 0 Å². The molecule has 1 aliphatic carbocycles. The number of hydrogen-bond donors (Lipinski definition) is 2. The van der Waals surface area contributed by atoms with E-state index in [1.54, 1.807) is 0 Å². The second-order valence-electron chi connectivity index (χ2n) is 3.89. The van der Waals surface area contributed by atoms with E-state index in [4.69, 9.17) is 5.73 Å². The van der Waals surface area contributed by atoms with Crippen LogP contribution < -0.4 is 5.73 Å². The fourth-order valence-corrected chi connectivity index (χ4v) is 2.24. The molecular formula is C9H16F3NO. The van der Waals surface area contributed by atoms with Crippen molar-refractivity contribution in [2.24, 2.45) is 17.6 Å². The average molecular weight is 211 g/mol. The third-order valence-electron chi connectivity index (χ3n) is 2.95. The van der Waals surface area contributed by atoms with Crippen LogP contribution in [0.1, 0.15) is 25.7 Å². The van der Waals surface area contributed by atoms with Gasteiger partial charge in [0.05, 0.1) is 12.0 Å². The van der Waals surface area contributed by atoms with E-state index in [-0.39, 0.29) is 19.4 Å². The highest BCUT2D eigenvalue weighted by molar-refractivity contribution is 4.86. The van der Waals surface area contributed by atoms with E-state index in [0.717, 1.165) is 0 Å². The summed E-state index contributed by atoms with van der Waals surface area (Å²) in [5, 5.41) is 9.50. The molecule has 0 aromatic heterocycles. The summed E-state index contributed by atoms with van der Waals surface area (Å²) in [6.07, 6.45) is -3.64. The Kier molecular flexibility index (Phi) is 3.78. The van der Waals surface area contributed by atoms with Crippen LogP contribution in [0, 0.1) is 11.8 Å². The van der Waals surface area contributed by atoms with Crippen molar-refractivity contribution >= 4 is 0 Å². The third-order valence-corrected chi connectivity index (χ3v) is 2.95. The summed E-state index contributed by atoms with van der Waals surface area (Å²) < 4.78 is 37.4. The van der Waals surface area contributed by atoms with E-state index in [9.17, 15) is 18.3 Å². The highest BCUT2D eigenvalue weighted by Gasteiger charge is 2.48. The van der Waals surface area contributed by atoms with Gasteiger partial charge in [-0.25, -0.2) is 0 Å². The van der Waals surface area contributed by atoms with E-state index in [1.165, 1.54) is 0 Å². The van der Waals surface area contributed by atoms with Crippen molar-refractivity contribution in [1.82, 2.24) is 0 Å². The van der Waals surface area contributed by atoms with Crippen LogP contribution in [0.3, 0.4) is 0 Å². The highest BCUT2D eigenvalue weighted by Crippen LogP contribution is 2.44. The van der Waals surface area contributed by atoms with E-state index >= 15 is 0 Å². The number of hydrogen-bond acceptors (Lipinski definition) is 2. The standard InChI is InChI=1S/C9H16F3NO/c10-9(11,12)7-3-1-2-6(7)8(14)4-5-13/h6-8,14H,1-5,13H2. The van der Waals surface area contributed by atoms with Crippen LogP contribution in [-0.2, 0) is 0 Å². The van der Waals surface area contributed by atoms with Crippen molar-refractivity contribution in [3.8, 4) is 0 Å². The van der Waals surface area contributed by atoms with Gasteiger partial charge in [0.25, 0.3) is 0 Å². The smallest absolute Gasteiger partial charge is 0.392 e. The second kappa shape index (κ2) is 4.49. The van der Waals surface area contributed by atoms with Gasteiger partial charge in [-0.15, -0.1) is 0 Å². The van der Waals surface area contributed by atoms with Crippen LogP contribution in [0.25, 0.3) is 0 Å². The van der Waals surface area contributed by atoms with E-state index < -0.39 is 24.1 Å². The molecular weight excluding hydrogens is 195 g/mol. The summed E-state index contributed by atoms with van der Waals surface area (Å²) in [6, 6.07) is 0. The van der Waals surface area contributed by atoms with E-state index in [1.807, 2.05) is 0 Å². The maximum atomic E-state index is 12.5. The Morgan fingerprint density at radius 1 is 1.36 bits per heavy atom. The lowest BCUT2D eigenvalue weighted by atomic mass is 9.88. The second-order valence-corrected chi connectivity index (χ2v) is 3.89. The van der Waals surface area contributed by atoms with Crippen LogP contribution >= 0.6 is 0 Å². The molecule has 3 N–H and O–H groups in total. The molecule has 84 valence electrons. The Morgan fingerprint density at radius 3 is 2.50 bits per heavy atom.